The van der Waals surface area contributed by atoms with Crippen LogP contribution in [0.3, 0.4) is 0 Å². The van der Waals surface area contributed by atoms with Crippen molar-refractivity contribution < 1.29 is 13.6 Å². The Hall–Kier alpha value is -2.63. The van der Waals surface area contributed by atoms with Crippen LogP contribution in [0, 0.1) is 5.82 Å². The lowest BCUT2D eigenvalue weighted by molar-refractivity contribution is -0.122. The van der Waals surface area contributed by atoms with E-state index in [0.29, 0.717) is 16.8 Å². The Morgan fingerprint density at radius 2 is 1.90 bits per heavy atom. The molecular formula is C15H11F2N3O. The van der Waals surface area contributed by atoms with E-state index in [4.69, 9.17) is 0 Å². The average Bonchev–Trinajstić information content (AvgIpc) is 2.59. The van der Waals surface area contributed by atoms with E-state index in [-0.39, 0.29) is 5.71 Å². The number of likely N-dealkylation sites (N-methyl/N-ethyl adjacent to an activating group) is 1. The summed E-state index contributed by atoms with van der Waals surface area (Å²) in [7, 11) is 1.44. The van der Waals surface area contributed by atoms with Gasteiger partial charge in [0.15, 0.2) is 0 Å². The third kappa shape index (κ3) is 2.29. The van der Waals surface area contributed by atoms with Crippen LogP contribution in [0.25, 0.3) is 0 Å². The SMILES string of the molecule is CN1C(=O)C(F)N=C(c2ccncc2)c2cc(F)ccc21. The van der Waals surface area contributed by atoms with Crippen molar-refractivity contribution >= 4 is 17.3 Å². The molecule has 2 heterocycles. The first-order valence-corrected chi connectivity index (χ1v) is 6.27. The van der Waals surface area contributed by atoms with Crippen molar-refractivity contribution in [2.45, 2.75) is 6.30 Å². The van der Waals surface area contributed by atoms with E-state index in [2.05, 4.69) is 9.98 Å². The van der Waals surface area contributed by atoms with Crippen LogP contribution < -0.4 is 4.90 Å². The van der Waals surface area contributed by atoms with Gasteiger partial charge in [0.05, 0.1) is 11.4 Å². The van der Waals surface area contributed by atoms with Crippen molar-refractivity contribution in [3.8, 4) is 0 Å². The second-order valence-electron chi connectivity index (χ2n) is 4.61. The summed E-state index contributed by atoms with van der Waals surface area (Å²) in [5.41, 5.74) is 1.59. The number of benzene rings is 1. The van der Waals surface area contributed by atoms with E-state index in [0.717, 1.165) is 4.90 Å². The van der Waals surface area contributed by atoms with Crippen molar-refractivity contribution in [3.63, 3.8) is 0 Å². The van der Waals surface area contributed by atoms with Gasteiger partial charge in [0.1, 0.15) is 5.82 Å². The van der Waals surface area contributed by atoms with Gasteiger partial charge in [-0.2, -0.15) is 0 Å². The maximum absolute atomic E-state index is 14.0. The quantitative estimate of drug-likeness (QED) is 0.756. The summed E-state index contributed by atoms with van der Waals surface area (Å²) in [6.07, 6.45) is 1.04. The molecule has 1 unspecified atom stereocenters. The molecule has 3 rings (SSSR count). The first-order chi connectivity index (χ1) is 10.1. The van der Waals surface area contributed by atoms with Gasteiger partial charge in [0.25, 0.3) is 12.2 Å². The number of pyridine rings is 1. The lowest BCUT2D eigenvalue weighted by Gasteiger charge is -2.18. The Morgan fingerprint density at radius 3 is 2.62 bits per heavy atom. The molecule has 1 aromatic heterocycles. The molecule has 2 aromatic rings. The van der Waals surface area contributed by atoms with Crippen LogP contribution in [-0.2, 0) is 4.79 Å². The summed E-state index contributed by atoms with van der Waals surface area (Å²) >= 11 is 0. The van der Waals surface area contributed by atoms with Crippen LogP contribution in [0.1, 0.15) is 11.1 Å². The summed E-state index contributed by atoms with van der Waals surface area (Å²) in [5.74, 6) is -1.26. The molecule has 0 fully saturated rings. The minimum Gasteiger partial charge on any atom is -0.311 e. The van der Waals surface area contributed by atoms with E-state index >= 15 is 0 Å². The third-order valence-corrected chi connectivity index (χ3v) is 3.31. The highest BCUT2D eigenvalue weighted by atomic mass is 19.1. The van der Waals surface area contributed by atoms with Crippen molar-refractivity contribution in [1.29, 1.82) is 0 Å². The number of hydrogen-bond acceptors (Lipinski definition) is 3. The van der Waals surface area contributed by atoms with Gasteiger partial charge in [-0.15, -0.1) is 0 Å². The number of benzodiazepines with no additional fused rings is 1. The molecule has 1 atom stereocenters. The molecular weight excluding hydrogens is 276 g/mol. The van der Waals surface area contributed by atoms with Crippen LogP contribution in [-0.4, -0.2) is 29.9 Å². The highest BCUT2D eigenvalue weighted by molar-refractivity contribution is 6.19. The lowest BCUT2D eigenvalue weighted by Crippen LogP contribution is -2.32. The van der Waals surface area contributed by atoms with Gasteiger partial charge < -0.3 is 4.90 Å². The summed E-state index contributed by atoms with van der Waals surface area (Å²) in [6, 6.07) is 7.19. The topological polar surface area (TPSA) is 45.6 Å². The maximum Gasteiger partial charge on any atom is 0.284 e. The van der Waals surface area contributed by atoms with Gasteiger partial charge in [-0.25, -0.2) is 13.8 Å². The number of aromatic nitrogens is 1. The number of anilines is 1. The first-order valence-electron chi connectivity index (χ1n) is 6.27. The van der Waals surface area contributed by atoms with Crippen LogP contribution in [0.4, 0.5) is 14.5 Å². The predicted molar refractivity (Wildman–Crippen MR) is 74.6 cm³/mol. The van der Waals surface area contributed by atoms with Gasteiger partial charge in [0, 0.05) is 30.6 Å². The first kappa shape index (κ1) is 13.4. The Kier molecular flexibility index (Phi) is 3.21. The van der Waals surface area contributed by atoms with Crippen molar-refractivity contribution in [2.75, 3.05) is 11.9 Å². The summed E-state index contributed by atoms with van der Waals surface area (Å²) in [4.78, 5) is 20.8. The largest absolute Gasteiger partial charge is 0.311 e. The molecule has 0 aliphatic carbocycles. The van der Waals surface area contributed by atoms with E-state index in [1.54, 1.807) is 12.1 Å². The molecule has 6 heteroatoms. The number of alkyl halides is 1. The molecule has 0 saturated heterocycles. The Labute approximate surface area is 119 Å². The summed E-state index contributed by atoms with van der Waals surface area (Å²) in [5, 5.41) is 0. The van der Waals surface area contributed by atoms with E-state index in [1.165, 1.54) is 37.6 Å². The minimum absolute atomic E-state index is 0.233. The number of amides is 1. The number of carbonyl (C=O) groups excluding carboxylic acids is 1. The molecule has 106 valence electrons. The third-order valence-electron chi connectivity index (χ3n) is 3.31. The zero-order chi connectivity index (χ0) is 15.0. The number of carbonyl (C=O) groups is 1. The molecule has 1 aliphatic rings. The molecule has 0 radical (unpaired) electrons. The molecule has 4 nitrogen and oxygen atoms in total. The Morgan fingerprint density at radius 1 is 1.19 bits per heavy atom. The predicted octanol–water partition coefficient (Wildman–Crippen LogP) is 2.33. The molecule has 1 amide bonds. The van der Waals surface area contributed by atoms with Gasteiger partial charge in [0.2, 0.25) is 0 Å². The smallest absolute Gasteiger partial charge is 0.284 e. The van der Waals surface area contributed by atoms with Crippen molar-refractivity contribution in [1.82, 2.24) is 4.98 Å². The van der Waals surface area contributed by atoms with Crippen LogP contribution >= 0.6 is 0 Å². The normalized spacial score (nSPS) is 18.0. The number of rotatable bonds is 1. The highest BCUT2D eigenvalue weighted by Crippen LogP contribution is 2.28. The van der Waals surface area contributed by atoms with Gasteiger partial charge in [-0.05, 0) is 30.3 Å². The van der Waals surface area contributed by atoms with Crippen LogP contribution in [0.15, 0.2) is 47.7 Å². The summed E-state index contributed by atoms with van der Waals surface area (Å²) < 4.78 is 27.6. The fourth-order valence-corrected chi connectivity index (χ4v) is 2.25. The van der Waals surface area contributed by atoms with Crippen LogP contribution in [0.2, 0.25) is 0 Å². The minimum atomic E-state index is -2.02. The second kappa shape index (κ2) is 5.05. The molecule has 0 bridgehead atoms. The van der Waals surface area contributed by atoms with Gasteiger partial charge in [-0.1, -0.05) is 0 Å². The number of nitrogens with zero attached hydrogens (tertiary/aromatic N) is 3. The Bertz CT molecular complexity index is 731. The lowest BCUT2D eigenvalue weighted by atomic mass is 10.0. The van der Waals surface area contributed by atoms with Crippen molar-refractivity contribution in [2.24, 2.45) is 4.99 Å². The summed E-state index contributed by atoms with van der Waals surface area (Å²) in [6.45, 7) is 0. The zero-order valence-corrected chi connectivity index (χ0v) is 11.1. The molecule has 0 N–H and O–H groups in total. The van der Waals surface area contributed by atoms with E-state index in [9.17, 15) is 13.6 Å². The Balaban J connectivity index is 2.27. The fraction of sp³-hybridized carbons (Fsp3) is 0.133. The standard InChI is InChI=1S/C15H11F2N3O/c1-20-12-3-2-10(16)8-11(12)13(19-14(17)15(20)21)9-4-6-18-7-5-9/h2-8,14H,1H3. The molecule has 1 aliphatic heterocycles. The second-order valence-corrected chi connectivity index (χ2v) is 4.61. The van der Waals surface area contributed by atoms with Gasteiger partial charge in [-0.3, -0.25) is 9.78 Å². The van der Waals surface area contributed by atoms with E-state index < -0.39 is 18.0 Å². The number of hydrogen-bond donors (Lipinski definition) is 0. The van der Waals surface area contributed by atoms with Crippen molar-refractivity contribution in [3.05, 3.63) is 59.7 Å². The van der Waals surface area contributed by atoms with E-state index in [1.807, 2.05) is 0 Å². The molecule has 0 saturated carbocycles. The average molecular weight is 287 g/mol. The highest BCUT2D eigenvalue weighted by Gasteiger charge is 2.29. The molecule has 21 heavy (non-hydrogen) atoms. The number of halogens is 2. The number of aliphatic imine (C=N–C) groups is 1. The number of fused-ring (bicyclic) bond motifs is 1. The maximum atomic E-state index is 14.0. The van der Waals surface area contributed by atoms with Crippen LogP contribution in [0.5, 0.6) is 0 Å². The molecule has 0 spiro atoms. The monoisotopic (exact) mass is 287 g/mol. The zero-order valence-electron chi connectivity index (χ0n) is 11.1. The van der Waals surface area contributed by atoms with Gasteiger partial charge >= 0.3 is 0 Å². The fourth-order valence-electron chi connectivity index (χ4n) is 2.25. The molecule has 1 aromatic carbocycles.